The van der Waals surface area contributed by atoms with Crippen LogP contribution in [0.5, 0.6) is 11.5 Å². The summed E-state index contributed by atoms with van der Waals surface area (Å²) in [6.07, 6.45) is 2.29. The van der Waals surface area contributed by atoms with Gasteiger partial charge in [-0.1, -0.05) is 56.6 Å². The molecule has 0 saturated carbocycles. The number of benzene rings is 2. The lowest BCUT2D eigenvalue weighted by Gasteiger charge is -2.23. The molecule has 0 unspecified atom stereocenters. The fraction of sp³-hybridized carbons (Fsp3) is 0.381. The SMILES string of the molecule is CCc1ccc(OCCOc2ccc(Cl)cc2C=NO)c(C(C)(C)C)c1. The van der Waals surface area contributed by atoms with Gasteiger partial charge < -0.3 is 14.7 Å². The van der Waals surface area contributed by atoms with Crippen molar-refractivity contribution >= 4 is 17.8 Å². The lowest BCUT2D eigenvalue weighted by Crippen LogP contribution is -2.16. The smallest absolute Gasteiger partial charge is 0.128 e. The third kappa shape index (κ3) is 5.40. The lowest BCUT2D eigenvalue weighted by molar-refractivity contribution is 0.214. The predicted molar refractivity (Wildman–Crippen MR) is 106 cm³/mol. The largest absolute Gasteiger partial charge is 0.490 e. The first-order chi connectivity index (χ1) is 12.3. The minimum Gasteiger partial charge on any atom is -0.490 e. The van der Waals surface area contributed by atoms with Gasteiger partial charge in [0.2, 0.25) is 0 Å². The normalized spacial score (nSPS) is 11.7. The van der Waals surface area contributed by atoms with Crippen LogP contribution in [0.2, 0.25) is 5.02 Å². The molecular weight excluding hydrogens is 350 g/mol. The van der Waals surface area contributed by atoms with Crippen LogP contribution in [0.4, 0.5) is 0 Å². The molecule has 0 amide bonds. The first kappa shape index (κ1) is 20.1. The van der Waals surface area contributed by atoms with Gasteiger partial charge in [-0.2, -0.15) is 0 Å². The second-order valence-electron chi connectivity index (χ2n) is 7.06. The maximum Gasteiger partial charge on any atom is 0.128 e. The number of hydrogen-bond donors (Lipinski definition) is 1. The van der Waals surface area contributed by atoms with Gasteiger partial charge in [0.15, 0.2) is 0 Å². The summed E-state index contributed by atoms with van der Waals surface area (Å²) in [5, 5.41) is 12.3. The number of nitrogens with zero attached hydrogens (tertiary/aromatic N) is 1. The summed E-state index contributed by atoms with van der Waals surface area (Å²) in [7, 11) is 0. The van der Waals surface area contributed by atoms with Crippen LogP contribution >= 0.6 is 11.6 Å². The van der Waals surface area contributed by atoms with E-state index in [0.717, 1.165) is 12.2 Å². The minimum absolute atomic E-state index is 0.00229. The van der Waals surface area contributed by atoms with Crippen LogP contribution in [0, 0.1) is 0 Å². The summed E-state index contributed by atoms with van der Waals surface area (Å²) in [6.45, 7) is 9.47. The van der Waals surface area contributed by atoms with E-state index in [2.05, 4.69) is 45.0 Å². The molecule has 0 heterocycles. The van der Waals surface area contributed by atoms with E-state index in [1.165, 1.54) is 17.3 Å². The van der Waals surface area contributed by atoms with E-state index in [1.54, 1.807) is 18.2 Å². The molecular formula is C21H26ClNO3. The van der Waals surface area contributed by atoms with Gasteiger partial charge in [0.1, 0.15) is 24.7 Å². The topological polar surface area (TPSA) is 51.0 Å². The van der Waals surface area contributed by atoms with Crippen LogP contribution in [0.15, 0.2) is 41.6 Å². The van der Waals surface area contributed by atoms with Crippen molar-refractivity contribution in [1.82, 2.24) is 0 Å². The van der Waals surface area contributed by atoms with E-state index in [-0.39, 0.29) is 5.41 Å². The van der Waals surface area contributed by atoms with Crippen molar-refractivity contribution in [2.75, 3.05) is 13.2 Å². The summed E-state index contributed by atoms with van der Waals surface area (Å²) in [5.74, 6) is 1.47. The molecule has 2 rings (SSSR count). The molecule has 0 aliphatic rings. The molecule has 5 heteroatoms. The molecule has 0 fully saturated rings. The van der Waals surface area contributed by atoms with Gasteiger partial charge in [0.05, 0.1) is 6.21 Å². The molecule has 140 valence electrons. The highest BCUT2D eigenvalue weighted by molar-refractivity contribution is 6.30. The van der Waals surface area contributed by atoms with E-state index in [9.17, 15) is 0 Å². The Morgan fingerprint density at radius 3 is 2.31 bits per heavy atom. The standard InChI is InChI=1S/C21H26ClNO3/c1-5-15-6-8-20(18(12-15)21(2,3)4)26-11-10-25-19-9-7-17(22)13-16(19)14-23-24/h6-9,12-14,24H,5,10-11H2,1-4H3. The minimum atomic E-state index is 0.00229. The molecule has 2 aromatic carbocycles. The van der Waals surface area contributed by atoms with Crippen molar-refractivity contribution in [2.24, 2.45) is 5.16 Å². The van der Waals surface area contributed by atoms with Gasteiger partial charge in [-0.25, -0.2) is 0 Å². The van der Waals surface area contributed by atoms with Crippen molar-refractivity contribution in [1.29, 1.82) is 0 Å². The second kappa shape index (κ2) is 8.95. The van der Waals surface area contributed by atoms with E-state index in [0.29, 0.717) is 29.5 Å². The zero-order chi connectivity index (χ0) is 19.2. The van der Waals surface area contributed by atoms with Crippen molar-refractivity contribution in [2.45, 2.75) is 39.5 Å². The van der Waals surface area contributed by atoms with Crippen LogP contribution in [-0.2, 0) is 11.8 Å². The number of hydrogen-bond acceptors (Lipinski definition) is 4. The molecule has 0 bridgehead atoms. The maximum atomic E-state index is 8.75. The van der Waals surface area contributed by atoms with Crippen LogP contribution in [-0.4, -0.2) is 24.6 Å². The van der Waals surface area contributed by atoms with Crippen LogP contribution in [0.25, 0.3) is 0 Å². The molecule has 2 aromatic rings. The number of ether oxygens (including phenoxy) is 2. The molecule has 0 atom stereocenters. The second-order valence-corrected chi connectivity index (χ2v) is 7.49. The highest BCUT2D eigenvalue weighted by Crippen LogP contribution is 2.32. The number of rotatable bonds is 7. The van der Waals surface area contributed by atoms with Crippen molar-refractivity contribution in [3.8, 4) is 11.5 Å². The van der Waals surface area contributed by atoms with E-state index in [4.69, 9.17) is 26.3 Å². The van der Waals surface area contributed by atoms with Crippen LogP contribution < -0.4 is 9.47 Å². The Bertz CT molecular complexity index is 766. The Morgan fingerprint density at radius 2 is 1.69 bits per heavy atom. The molecule has 0 aliphatic carbocycles. The molecule has 0 aliphatic heterocycles. The number of aryl methyl sites for hydroxylation is 1. The molecule has 1 N–H and O–H groups in total. The van der Waals surface area contributed by atoms with Gasteiger partial charge in [-0.05, 0) is 47.2 Å². The van der Waals surface area contributed by atoms with E-state index < -0.39 is 0 Å². The molecule has 0 radical (unpaired) electrons. The predicted octanol–water partition coefficient (Wildman–Crippen LogP) is 5.47. The Morgan fingerprint density at radius 1 is 1.04 bits per heavy atom. The average Bonchev–Trinajstić information content (AvgIpc) is 2.59. The van der Waals surface area contributed by atoms with Gasteiger partial charge >= 0.3 is 0 Å². The van der Waals surface area contributed by atoms with Crippen molar-refractivity contribution in [3.63, 3.8) is 0 Å². The molecule has 0 spiro atoms. The Hall–Kier alpha value is -2.20. The summed E-state index contributed by atoms with van der Waals surface area (Å²) in [4.78, 5) is 0. The Kier molecular flexibility index (Phi) is 6.92. The van der Waals surface area contributed by atoms with Gasteiger partial charge in [-0.15, -0.1) is 0 Å². The highest BCUT2D eigenvalue weighted by Gasteiger charge is 2.19. The van der Waals surface area contributed by atoms with Crippen molar-refractivity contribution in [3.05, 3.63) is 58.1 Å². The average molecular weight is 376 g/mol. The van der Waals surface area contributed by atoms with E-state index in [1.807, 2.05) is 6.07 Å². The summed E-state index contributed by atoms with van der Waals surface area (Å²) in [6, 6.07) is 11.5. The fourth-order valence-electron chi connectivity index (χ4n) is 2.63. The molecule has 0 aromatic heterocycles. The van der Waals surface area contributed by atoms with Crippen LogP contribution in [0.1, 0.15) is 44.4 Å². The fourth-order valence-corrected chi connectivity index (χ4v) is 2.81. The summed E-state index contributed by atoms with van der Waals surface area (Å²) < 4.78 is 11.7. The molecule has 4 nitrogen and oxygen atoms in total. The summed E-state index contributed by atoms with van der Waals surface area (Å²) in [5.41, 5.74) is 3.11. The van der Waals surface area contributed by atoms with Crippen LogP contribution in [0.3, 0.4) is 0 Å². The zero-order valence-corrected chi connectivity index (χ0v) is 16.5. The molecule has 0 saturated heterocycles. The van der Waals surface area contributed by atoms with Crippen molar-refractivity contribution < 1.29 is 14.7 Å². The molecule has 26 heavy (non-hydrogen) atoms. The first-order valence-corrected chi connectivity index (χ1v) is 9.09. The van der Waals surface area contributed by atoms with Gasteiger partial charge in [0.25, 0.3) is 0 Å². The highest BCUT2D eigenvalue weighted by atomic mass is 35.5. The van der Waals surface area contributed by atoms with E-state index >= 15 is 0 Å². The quantitative estimate of drug-likeness (QED) is 0.302. The van der Waals surface area contributed by atoms with Gasteiger partial charge in [0, 0.05) is 10.6 Å². The zero-order valence-electron chi connectivity index (χ0n) is 15.8. The number of halogens is 1. The Balaban J connectivity index is 2.03. The monoisotopic (exact) mass is 375 g/mol. The lowest BCUT2D eigenvalue weighted by atomic mass is 9.85. The van der Waals surface area contributed by atoms with Gasteiger partial charge in [-0.3, -0.25) is 0 Å². The maximum absolute atomic E-state index is 8.75. The third-order valence-corrected chi connectivity index (χ3v) is 4.26. The first-order valence-electron chi connectivity index (χ1n) is 8.71. The summed E-state index contributed by atoms with van der Waals surface area (Å²) >= 11 is 5.96. The number of oxime groups is 1. The Labute approximate surface area is 160 Å². The third-order valence-electron chi connectivity index (χ3n) is 4.03.